The molecule has 2 aliphatic rings. The SMILES string of the molecule is Cc1ccc(N2C(=O)CC(C(=O)N3CCN(CC(N)=O)CC3)C2c2cccs2)cc1. The zero-order valence-corrected chi connectivity index (χ0v) is 17.8. The van der Waals surface area contributed by atoms with E-state index in [1.807, 2.05) is 58.5 Å². The minimum absolute atomic E-state index is 0.00934. The molecule has 7 nitrogen and oxygen atoms in total. The van der Waals surface area contributed by atoms with Crippen molar-refractivity contribution in [2.24, 2.45) is 11.7 Å². The Morgan fingerprint density at radius 1 is 1.10 bits per heavy atom. The molecule has 2 atom stereocenters. The number of carbonyl (C=O) groups is 3. The lowest BCUT2D eigenvalue weighted by molar-refractivity contribution is -0.138. The molecule has 30 heavy (non-hydrogen) atoms. The Bertz CT molecular complexity index is 920. The third-order valence-electron chi connectivity index (χ3n) is 5.85. The van der Waals surface area contributed by atoms with E-state index < -0.39 is 5.92 Å². The summed E-state index contributed by atoms with van der Waals surface area (Å²) in [5.41, 5.74) is 7.23. The standard InChI is InChI=1S/C22H26N4O3S/c1-15-4-6-16(7-5-15)26-20(28)13-17(21(26)18-3-2-12-30-18)22(29)25-10-8-24(9-11-25)14-19(23)27/h2-7,12,17,21H,8-11,13-14H2,1H3,(H2,23,27). The van der Waals surface area contributed by atoms with Crippen molar-refractivity contribution in [3.05, 3.63) is 52.2 Å². The van der Waals surface area contributed by atoms with Gasteiger partial charge < -0.3 is 15.5 Å². The maximum atomic E-state index is 13.5. The summed E-state index contributed by atoms with van der Waals surface area (Å²) in [6, 6.07) is 11.5. The second-order valence-electron chi connectivity index (χ2n) is 7.94. The number of primary amides is 1. The lowest BCUT2D eigenvalue weighted by Gasteiger charge is -2.36. The highest BCUT2D eigenvalue weighted by Crippen LogP contribution is 2.43. The van der Waals surface area contributed by atoms with Crippen LogP contribution in [0.2, 0.25) is 0 Å². The number of amides is 3. The molecule has 1 aromatic heterocycles. The number of nitrogens with zero attached hydrogens (tertiary/aromatic N) is 3. The first-order chi connectivity index (χ1) is 14.4. The molecular formula is C22H26N4O3S. The number of aryl methyl sites for hydroxylation is 1. The summed E-state index contributed by atoms with van der Waals surface area (Å²) in [4.78, 5) is 44.2. The van der Waals surface area contributed by atoms with Gasteiger partial charge in [0.1, 0.15) is 0 Å². The highest BCUT2D eigenvalue weighted by Gasteiger charge is 2.47. The molecule has 0 radical (unpaired) electrons. The van der Waals surface area contributed by atoms with Crippen LogP contribution in [0, 0.1) is 12.8 Å². The minimum atomic E-state index is -0.417. The molecule has 0 saturated carbocycles. The van der Waals surface area contributed by atoms with E-state index in [0.717, 1.165) is 16.1 Å². The molecule has 3 heterocycles. The average molecular weight is 427 g/mol. The maximum Gasteiger partial charge on any atom is 0.231 e. The highest BCUT2D eigenvalue weighted by molar-refractivity contribution is 7.10. The Morgan fingerprint density at radius 2 is 1.80 bits per heavy atom. The summed E-state index contributed by atoms with van der Waals surface area (Å²) >= 11 is 1.57. The quantitative estimate of drug-likeness (QED) is 0.790. The van der Waals surface area contributed by atoms with Crippen molar-refractivity contribution in [1.82, 2.24) is 9.80 Å². The summed E-state index contributed by atoms with van der Waals surface area (Å²) in [7, 11) is 0. The summed E-state index contributed by atoms with van der Waals surface area (Å²) in [5, 5.41) is 1.98. The van der Waals surface area contributed by atoms with Crippen molar-refractivity contribution < 1.29 is 14.4 Å². The third kappa shape index (κ3) is 4.11. The van der Waals surface area contributed by atoms with Gasteiger partial charge in [-0.2, -0.15) is 0 Å². The molecule has 2 aromatic rings. The van der Waals surface area contributed by atoms with Crippen LogP contribution < -0.4 is 10.6 Å². The van der Waals surface area contributed by atoms with Gasteiger partial charge >= 0.3 is 0 Å². The predicted octanol–water partition coefficient (Wildman–Crippen LogP) is 1.78. The fraction of sp³-hybridized carbons (Fsp3) is 0.409. The first-order valence-electron chi connectivity index (χ1n) is 10.2. The molecular weight excluding hydrogens is 400 g/mol. The number of benzene rings is 1. The van der Waals surface area contributed by atoms with Crippen LogP contribution in [0.5, 0.6) is 0 Å². The van der Waals surface area contributed by atoms with E-state index in [1.54, 1.807) is 16.2 Å². The van der Waals surface area contributed by atoms with E-state index in [1.165, 1.54) is 0 Å². The average Bonchev–Trinajstić information content (AvgIpc) is 3.36. The van der Waals surface area contributed by atoms with Gasteiger partial charge in [-0.25, -0.2) is 0 Å². The lowest BCUT2D eigenvalue weighted by atomic mass is 9.96. The number of carbonyl (C=O) groups excluding carboxylic acids is 3. The number of nitrogens with two attached hydrogens (primary N) is 1. The molecule has 0 spiro atoms. The van der Waals surface area contributed by atoms with Crippen LogP contribution in [0.4, 0.5) is 5.69 Å². The van der Waals surface area contributed by atoms with Crippen LogP contribution in [0.25, 0.3) is 0 Å². The largest absolute Gasteiger partial charge is 0.369 e. The molecule has 2 fully saturated rings. The molecule has 2 aliphatic heterocycles. The molecule has 4 rings (SSSR count). The first kappa shape index (κ1) is 20.6. The van der Waals surface area contributed by atoms with Gasteiger partial charge in [0.15, 0.2) is 0 Å². The Kier molecular flexibility index (Phi) is 5.87. The van der Waals surface area contributed by atoms with Crippen molar-refractivity contribution in [3.63, 3.8) is 0 Å². The second kappa shape index (κ2) is 8.57. The predicted molar refractivity (Wildman–Crippen MR) is 116 cm³/mol. The number of anilines is 1. The Hall–Kier alpha value is -2.71. The van der Waals surface area contributed by atoms with E-state index in [-0.39, 0.29) is 36.7 Å². The Labute approximate surface area is 180 Å². The molecule has 3 amide bonds. The van der Waals surface area contributed by atoms with Crippen LogP contribution in [0.3, 0.4) is 0 Å². The van der Waals surface area contributed by atoms with E-state index >= 15 is 0 Å². The van der Waals surface area contributed by atoms with Crippen molar-refractivity contribution in [2.75, 3.05) is 37.6 Å². The van der Waals surface area contributed by atoms with Crippen LogP contribution in [0.15, 0.2) is 41.8 Å². The van der Waals surface area contributed by atoms with E-state index in [9.17, 15) is 14.4 Å². The molecule has 2 saturated heterocycles. The van der Waals surface area contributed by atoms with Crippen molar-refractivity contribution in [2.45, 2.75) is 19.4 Å². The van der Waals surface area contributed by atoms with Crippen LogP contribution >= 0.6 is 11.3 Å². The zero-order valence-electron chi connectivity index (χ0n) is 17.0. The maximum absolute atomic E-state index is 13.5. The van der Waals surface area contributed by atoms with Gasteiger partial charge in [-0.1, -0.05) is 23.8 Å². The molecule has 0 aliphatic carbocycles. The lowest BCUT2D eigenvalue weighted by Crippen LogP contribution is -2.52. The van der Waals surface area contributed by atoms with Gasteiger partial charge in [0.25, 0.3) is 0 Å². The number of hydrogen-bond donors (Lipinski definition) is 1. The molecule has 2 unspecified atom stereocenters. The fourth-order valence-electron chi connectivity index (χ4n) is 4.33. The van der Waals surface area contributed by atoms with Gasteiger partial charge in [0.2, 0.25) is 17.7 Å². The van der Waals surface area contributed by atoms with Crippen molar-refractivity contribution in [1.29, 1.82) is 0 Å². The monoisotopic (exact) mass is 426 g/mol. The third-order valence-corrected chi connectivity index (χ3v) is 6.79. The summed E-state index contributed by atoms with van der Waals surface area (Å²) < 4.78 is 0. The Balaban J connectivity index is 1.56. The summed E-state index contributed by atoms with van der Waals surface area (Å²) in [5.74, 6) is -0.791. The van der Waals surface area contributed by atoms with Crippen LogP contribution in [0.1, 0.15) is 22.9 Å². The van der Waals surface area contributed by atoms with Crippen LogP contribution in [-0.2, 0) is 14.4 Å². The normalized spacial score (nSPS) is 22.5. The molecule has 2 N–H and O–H groups in total. The molecule has 158 valence electrons. The first-order valence-corrected chi connectivity index (χ1v) is 11.0. The van der Waals surface area contributed by atoms with Gasteiger partial charge in [-0.3, -0.25) is 19.3 Å². The number of hydrogen-bond acceptors (Lipinski definition) is 5. The molecule has 0 bridgehead atoms. The second-order valence-corrected chi connectivity index (χ2v) is 8.92. The van der Waals surface area contributed by atoms with E-state index in [2.05, 4.69) is 0 Å². The minimum Gasteiger partial charge on any atom is -0.369 e. The topological polar surface area (TPSA) is 87.0 Å². The zero-order chi connectivity index (χ0) is 21.3. The number of piperazine rings is 1. The van der Waals surface area contributed by atoms with E-state index in [0.29, 0.717) is 26.2 Å². The van der Waals surface area contributed by atoms with Gasteiger partial charge in [-0.05, 0) is 30.5 Å². The Morgan fingerprint density at radius 3 is 2.40 bits per heavy atom. The highest BCUT2D eigenvalue weighted by atomic mass is 32.1. The van der Waals surface area contributed by atoms with Crippen molar-refractivity contribution in [3.8, 4) is 0 Å². The van der Waals surface area contributed by atoms with Gasteiger partial charge in [0.05, 0.1) is 18.5 Å². The number of rotatable bonds is 5. The van der Waals surface area contributed by atoms with Gasteiger partial charge in [0, 0.05) is 43.2 Å². The summed E-state index contributed by atoms with van der Waals surface area (Å²) in [6.45, 7) is 4.53. The fourth-order valence-corrected chi connectivity index (χ4v) is 5.21. The van der Waals surface area contributed by atoms with Gasteiger partial charge in [-0.15, -0.1) is 11.3 Å². The van der Waals surface area contributed by atoms with Crippen LogP contribution in [-0.4, -0.2) is 60.2 Å². The van der Waals surface area contributed by atoms with Crippen molar-refractivity contribution >= 4 is 34.7 Å². The van der Waals surface area contributed by atoms with E-state index in [4.69, 9.17) is 5.73 Å². The smallest absolute Gasteiger partial charge is 0.231 e. The molecule has 8 heteroatoms. The molecule has 1 aromatic carbocycles. The number of thiophene rings is 1. The summed E-state index contributed by atoms with van der Waals surface area (Å²) in [6.07, 6.45) is 0.205.